The van der Waals surface area contributed by atoms with Gasteiger partial charge in [0.25, 0.3) is 0 Å². The first kappa shape index (κ1) is 15.1. The van der Waals surface area contributed by atoms with E-state index in [2.05, 4.69) is 21.2 Å². The number of hydrogen-bond acceptors (Lipinski definition) is 3. The number of benzene rings is 1. The molecule has 0 saturated heterocycles. The molecule has 3 nitrogen and oxygen atoms in total. The van der Waals surface area contributed by atoms with Crippen LogP contribution in [0.15, 0.2) is 40.2 Å². The molecule has 0 fully saturated rings. The van der Waals surface area contributed by atoms with Gasteiger partial charge in [-0.2, -0.15) is 0 Å². The van der Waals surface area contributed by atoms with Gasteiger partial charge >= 0.3 is 0 Å². The SMILES string of the molecule is CC(C(=O)NCCc1ccc(N)cc1)c1ccc(Br)s1. The molecular weight excluding hydrogens is 336 g/mol. The van der Waals surface area contributed by atoms with Gasteiger partial charge in [-0.15, -0.1) is 11.3 Å². The average molecular weight is 353 g/mol. The number of rotatable bonds is 5. The molecule has 0 spiro atoms. The highest BCUT2D eigenvalue weighted by Gasteiger charge is 2.16. The molecule has 0 aliphatic rings. The molecule has 1 heterocycles. The summed E-state index contributed by atoms with van der Waals surface area (Å²) in [6.45, 7) is 2.57. The van der Waals surface area contributed by atoms with Crippen molar-refractivity contribution in [2.75, 3.05) is 12.3 Å². The van der Waals surface area contributed by atoms with Gasteiger partial charge in [-0.3, -0.25) is 4.79 Å². The summed E-state index contributed by atoms with van der Waals surface area (Å²) in [5.74, 6) is -0.0486. The van der Waals surface area contributed by atoms with Gasteiger partial charge in [-0.05, 0) is 59.1 Å². The van der Waals surface area contributed by atoms with Crippen LogP contribution in [-0.2, 0) is 11.2 Å². The predicted octanol–water partition coefficient (Wildman–Crippen LogP) is 3.56. The fourth-order valence-corrected chi connectivity index (χ4v) is 3.33. The van der Waals surface area contributed by atoms with E-state index < -0.39 is 0 Å². The summed E-state index contributed by atoms with van der Waals surface area (Å²) in [6.07, 6.45) is 0.812. The molecule has 1 amide bonds. The molecule has 2 aromatic rings. The average Bonchev–Trinajstić information content (AvgIpc) is 2.86. The lowest BCUT2D eigenvalue weighted by molar-refractivity contribution is -0.122. The summed E-state index contributed by atoms with van der Waals surface area (Å²) < 4.78 is 1.05. The maximum Gasteiger partial charge on any atom is 0.228 e. The first-order valence-electron chi connectivity index (χ1n) is 6.43. The summed E-state index contributed by atoms with van der Waals surface area (Å²) >= 11 is 5.01. The first-order chi connectivity index (χ1) is 9.56. The second-order valence-electron chi connectivity index (χ2n) is 4.65. The molecule has 1 atom stereocenters. The van der Waals surface area contributed by atoms with Crippen LogP contribution in [-0.4, -0.2) is 12.5 Å². The zero-order valence-electron chi connectivity index (χ0n) is 11.2. The Balaban J connectivity index is 1.81. The monoisotopic (exact) mass is 352 g/mol. The lowest BCUT2D eigenvalue weighted by Crippen LogP contribution is -2.29. The van der Waals surface area contributed by atoms with Crippen molar-refractivity contribution in [2.45, 2.75) is 19.3 Å². The van der Waals surface area contributed by atoms with Crippen LogP contribution in [0.5, 0.6) is 0 Å². The van der Waals surface area contributed by atoms with Crippen LogP contribution < -0.4 is 11.1 Å². The molecular formula is C15H17BrN2OS. The molecule has 0 aliphatic carbocycles. The number of nitrogens with two attached hydrogens (primary N) is 1. The van der Waals surface area contributed by atoms with Gasteiger partial charge < -0.3 is 11.1 Å². The van der Waals surface area contributed by atoms with E-state index in [1.54, 1.807) is 11.3 Å². The van der Waals surface area contributed by atoms with Crippen LogP contribution in [0.25, 0.3) is 0 Å². The maximum atomic E-state index is 12.1. The summed E-state index contributed by atoms with van der Waals surface area (Å²) in [6, 6.07) is 11.7. The van der Waals surface area contributed by atoms with Crippen LogP contribution in [0.2, 0.25) is 0 Å². The van der Waals surface area contributed by atoms with Crippen LogP contribution in [0.4, 0.5) is 5.69 Å². The highest BCUT2D eigenvalue weighted by molar-refractivity contribution is 9.11. The topological polar surface area (TPSA) is 55.1 Å². The molecule has 5 heteroatoms. The molecule has 1 unspecified atom stereocenters. The Kier molecular flexibility index (Phi) is 5.20. The number of carbonyl (C=O) groups is 1. The van der Waals surface area contributed by atoms with Gasteiger partial charge in [0, 0.05) is 17.1 Å². The van der Waals surface area contributed by atoms with Crippen LogP contribution >= 0.6 is 27.3 Å². The zero-order valence-corrected chi connectivity index (χ0v) is 13.6. The number of hydrogen-bond donors (Lipinski definition) is 2. The van der Waals surface area contributed by atoms with Gasteiger partial charge in [0.15, 0.2) is 0 Å². The molecule has 1 aromatic heterocycles. The summed E-state index contributed by atoms with van der Waals surface area (Å²) in [7, 11) is 0. The lowest BCUT2D eigenvalue weighted by Gasteiger charge is -2.10. The van der Waals surface area contributed by atoms with Crippen molar-refractivity contribution in [1.29, 1.82) is 0 Å². The van der Waals surface area contributed by atoms with Crippen molar-refractivity contribution in [1.82, 2.24) is 5.32 Å². The van der Waals surface area contributed by atoms with Gasteiger partial charge in [0.2, 0.25) is 5.91 Å². The fourth-order valence-electron chi connectivity index (χ4n) is 1.86. The molecule has 20 heavy (non-hydrogen) atoms. The molecule has 0 aliphatic heterocycles. The van der Waals surface area contributed by atoms with E-state index in [0.717, 1.165) is 20.8 Å². The lowest BCUT2D eigenvalue weighted by atomic mass is 10.1. The minimum absolute atomic E-state index is 0.0646. The standard InChI is InChI=1S/C15H17BrN2OS/c1-10(13-6-7-14(16)20-13)15(19)18-9-8-11-2-4-12(17)5-3-11/h2-7,10H,8-9,17H2,1H3,(H,18,19). The first-order valence-corrected chi connectivity index (χ1v) is 8.04. The third-order valence-electron chi connectivity index (χ3n) is 3.11. The highest BCUT2D eigenvalue weighted by Crippen LogP contribution is 2.28. The van der Waals surface area contributed by atoms with Gasteiger partial charge in [-0.1, -0.05) is 12.1 Å². The van der Waals surface area contributed by atoms with E-state index in [1.807, 2.05) is 43.3 Å². The number of anilines is 1. The molecule has 1 aromatic carbocycles. The minimum atomic E-state index is -0.113. The van der Waals surface area contributed by atoms with Crippen molar-refractivity contribution in [3.63, 3.8) is 0 Å². The van der Waals surface area contributed by atoms with E-state index >= 15 is 0 Å². The smallest absolute Gasteiger partial charge is 0.228 e. The molecule has 0 radical (unpaired) electrons. The summed E-state index contributed by atoms with van der Waals surface area (Å²) in [5.41, 5.74) is 7.57. The van der Waals surface area contributed by atoms with E-state index in [1.165, 1.54) is 5.56 Å². The van der Waals surface area contributed by atoms with Gasteiger partial charge in [0.05, 0.1) is 9.70 Å². The van der Waals surface area contributed by atoms with Crippen LogP contribution in [0.1, 0.15) is 23.3 Å². The highest BCUT2D eigenvalue weighted by atomic mass is 79.9. The quantitative estimate of drug-likeness (QED) is 0.808. The van der Waals surface area contributed by atoms with Crippen molar-refractivity contribution >= 4 is 38.9 Å². The number of thiophene rings is 1. The third kappa shape index (κ3) is 4.08. The number of nitrogens with one attached hydrogen (secondary N) is 1. The van der Waals surface area contributed by atoms with Crippen molar-refractivity contribution in [3.8, 4) is 0 Å². The maximum absolute atomic E-state index is 12.1. The fraction of sp³-hybridized carbons (Fsp3) is 0.267. The largest absolute Gasteiger partial charge is 0.399 e. The molecule has 0 bridgehead atoms. The van der Waals surface area contributed by atoms with E-state index in [0.29, 0.717) is 6.54 Å². The Morgan fingerprint density at radius 2 is 2.00 bits per heavy atom. The second kappa shape index (κ2) is 6.90. The Labute approximate surface area is 131 Å². The molecule has 3 N–H and O–H groups in total. The van der Waals surface area contributed by atoms with Crippen LogP contribution in [0, 0.1) is 0 Å². The number of amides is 1. The van der Waals surface area contributed by atoms with Gasteiger partial charge in [-0.25, -0.2) is 0 Å². The van der Waals surface area contributed by atoms with Gasteiger partial charge in [0.1, 0.15) is 0 Å². The molecule has 0 saturated carbocycles. The Morgan fingerprint density at radius 1 is 1.30 bits per heavy atom. The Morgan fingerprint density at radius 3 is 2.60 bits per heavy atom. The van der Waals surface area contributed by atoms with Crippen molar-refractivity contribution in [3.05, 3.63) is 50.6 Å². The summed E-state index contributed by atoms with van der Waals surface area (Å²) in [4.78, 5) is 13.1. The Bertz CT molecular complexity index is 580. The minimum Gasteiger partial charge on any atom is -0.399 e. The number of halogens is 1. The van der Waals surface area contributed by atoms with Crippen molar-refractivity contribution < 1.29 is 4.79 Å². The van der Waals surface area contributed by atoms with Crippen molar-refractivity contribution in [2.24, 2.45) is 0 Å². The zero-order chi connectivity index (χ0) is 14.5. The second-order valence-corrected chi connectivity index (χ2v) is 7.14. The van der Waals surface area contributed by atoms with E-state index in [-0.39, 0.29) is 11.8 Å². The number of carbonyl (C=O) groups excluding carboxylic acids is 1. The predicted molar refractivity (Wildman–Crippen MR) is 88.0 cm³/mol. The Hall–Kier alpha value is -1.33. The van der Waals surface area contributed by atoms with E-state index in [4.69, 9.17) is 5.73 Å². The summed E-state index contributed by atoms with van der Waals surface area (Å²) in [5, 5.41) is 2.97. The number of nitrogen functional groups attached to an aromatic ring is 1. The van der Waals surface area contributed by atoms with Crippen LogP contribution in [0.3, 0.4) is 0 Å². The third-order valence-corrected chi connectivity index (χ3v) is 4.91. The molecule has 106 valence electrons. The normalized spacial score (nSPS) is 12.1. The molecule has 2 rings (SSSR count). The van der Waals surface area contributed by atoms with E-state index in [9.17, 15) is 4.79 Å².